The highest BCUT2D eigenvalue weighted by molar-refractivity contribution is 5.67. The molecule has 126 valence electrons. The summed E-state index contributed by atoms with van der Waals surface area (Å²) < 4.78 is 25.3. The standard InChI is InChI=1S/C13H20O9/c1-6(14)19-5-9-10(20-7(2)15)11(21-8(3)16)12(18-4)13(17)22-9/h9-13,17H,5H2,1-4H3/t9?,10-,11?,12?,13+/m1/s1. The van der Waals surface area contributed by atoms with Gasteiger partial charge in [0.1, 0.15) is 18.8 Å². The Balaban J connectivity index is 3.01. The minimum absolute atomic E-state index is 0.279. The summed E-state index contributed by atoms with van der Waals surface area (Å²) in [6, 6.07) is 0. The smallest absolute Gasteiger partial charge is 0.303 e. The number of rotatable bonds is 5. The highest BCUT2D eigenvalue weighted by atomic mass is 16.7. The van der Waals surface area contributed by atoms with Crippen molar-refractivity contribution in [1.82, 2.24) is 0 Å². The molecule has 1 saturated heterocycles. The fraction of sp³-hybridized carbons (Fsp3) is 0.769. The molecule has 0 aromatic rings. The van der Waals surface area contributed by atoms with Gasteiger partial charge in [-0.1, -0.05) is 0 Å². The van der Waals surface area contributed by atoms with Crippen LogP contribution >= 0.6 is 0 Å². The van der Waals surface area contributed by atoms with Crippen molar-refractivity contribution in [2.75, 3.05) is 13.7 Å². The van der Waals surface area contributed by atoms with E-state index in [-0.39, 0.29) is 6.61 Å². The Hall–Kier alpha value is -1.71. The van der Waals surface area contributed by atoms with Gasteiger partial charge in [0.05, 0.1) is 0 Å². The number of ether oxygens (including phenoxy) is 5. The van der Waals surface area contributed by atoms with Crippen LogP contribution in [0.3, 0.4) is 0 Å². The van der Waals surface area contributed by atoms with Crippen LogP contribution in [-0.4, -0.2) is 67.4 Å². The topological polar surface area (TPSA) is 118 Å². The molecule has 0 saturated carbocycles. The Morgan fingerprint density at radius 2 is 1.50 bits per heavy atom. The summed E-state index contributed by atoms with van der Waals surface area (Å²) in [4.78, 5) is 33.5. The predicted molar refractivity (Wildman–Crippen MR) is 69.4 cm³/mol. The average Bonchev–Trinajstić information content (AvgIpc) is 2.39. The second kappa shape index (κ2) is 8.06. The Kier molecular flexibility index (Phi) is 6.72. The van der Waals surface area contributed by atoms with Gasteiger partial charge in [-0.3, -0.25) is 14.4 Å². The monoisotopic (exact) mass is 320 g/mol. The summed E-state index contributed by atoms with van der Waals surface area (Å²) in [5, 5.41) is 9.92. The summed E-state index contributed by atoms with van der Waals surface area (Å²) in [6.07, 6.45) is -5.69. The van der Waals surface area contributed by atoms with E-state index in [1.165, 1.54) is 27.9 Å². The highest BCUT2D eigenvalue weighted by Gasteiger charge is 2.50. The van der Waals surface area contributed by atoms with E-state index in [1.807, 2.05) is 0 Å². The van der Waals surface area contributed by atoms with Crippen LogP contribution in [0.15, 0.2) is 0 Å². The molecule has 0 bridgehead atoms. The molecule has 0 spiro atoms. The van der Waals surface area contributed by atoms with Gasteiger partial charge in [-0.05, 0) is 0 Å². The van der Waals surface area contributed by atoms with E-state index < -0.39 is 48.6 Å². The quantitative estimate of drug-likeness (QED) is 0.510. The molecule has 1 rings (SSSR count). The van der Waals surface area contributed by atoms with Gasteiger partial charge < -0.3 is 28.8 Å². The third kappa shape index (κ3) is 4.93. The fourth-order valence-electron chi connectivity index (χ4n) is 2.14. The number of aliphatic hydroxyl groups excluding tert-OH is 1. The molecular formula is C13H20O9. The average molecular weight is 320 g/mol. The molecule has 1 heterocycles. The SMILES string of the molecule is COC1C(OC(C)=O)[C@H](OC(C)=O)C(COC(C)=O)O[C@@H]1O. The summed E-state index contributed by atoms with van der Waals surface area (Å²) in [5.74, 6) is -1.87. The van der Waals surface area contributed by atoms with Crippen LogP contribution in [-0.2, 0) is 38.1 Å². The van der Waals surface area contributed by atoms with Crippen molar-refractivity contribution in [2.45, 2.75) is 51.5 Å². The van der Waals surface area contributed by atoms with E-state index >= 15 is 0 Å². The van der Waals surface area contributed by atoms with Crippen LogP contribution < -0.4 is 0 Å². The van der Waals surface area contributed by atoms with E-state index in [1.54, 1.807) is 0 Å². The number of hydrogen-bond donors (Lipinski definition) is 1. The first-order valence-corrected chi connectivity index (χ1v) is 6.60. The molecule has 0 aromatic heterocycles. The second-order valence-electron chi connectivity index (χ2n) is 4.72. The summed E-state index contributed by atoms with van der Waals surface area (Å²) >= 11 is 0. The Labute approximate surface area is 127 Å². The molecule has 1 N–H and O–H groups in total. The number of carbonyl (C=O) groups is 3. The van der Waals surface area contributed by atoms with Crippen LogP contribution in [0.1, 0.15) is 20.8 Å². The van der Waals surface area contributed by atoms with Gasteiger partial charge in [0.15, 0.2) is 18.5 Å². The first kappa shape index (κ1) is 18.3. The van der Waals surface area contributed by atoms with Crippen molar-refractivity contribution in [3.63, 3.8) is 0 Å². The zero-order valence-corrected chi connectivity index (χ0v) is 12.8. The molecule has 3 unspecified atom stereocenters. The van der Waals surface area contributed by atoms with Gasteiger partial charge in [0.2, 0.25) is 0 Å². The summed E-state index contributed by atoms with van der Waals surface area (Å²) in [7, 11) is 1.28. The molecule has 1 aliphatic rings. The number of aliphatic hydroxyl groups is 1. The lowest BCUT2D eigenvalue weighted by Crippen LogP contribution is -2.61. The molecule has 0 aliphatic carbocycles. The molecule has 0 radical (unpaired) electrons. The Morgan fingerprint density at radius 3 is 1.95 bits per heavy atom. The van der Waals surface area contributed by atoms with Crippen molar-refractivity contribution in [3.8, 4) is 0 Å². The minimum atomic E-state index is -1.44. The van der Waals surface area contributed by atoms with Crippen LogP contribution in [0.5, 0.6) is 0 Å². The van der Waals surface area contributed by atoms with Crippen LogP contribution in [0.25, 0.3) is 0 Å². The van der Waals surface area contributed by atoms with Crippen molar-refractivity contribution in [2.24, 2.45) is 0 Å². The molecular weight excluding hydrogens is 300 g/mol. The zero-order valence-electron chi connectivity index (χ0n) is 12.8. The van der Waals surface area contributed by atoms with Crippen molar-refractivity contribution >= 4 is 17.9 Å². The molecule has 5 atom stereocenters. The first-order valence-electron chi connectivity index (χ1n) is 6.60. The lowest BCUT2D eigenvalue weighted by atomic mass is 9.98. The van der Waals surface area contributed by atoms with Crippen LogP contribution in [0.2, 0.25) is 0 Å². The van der Waals surface area contributed by atoms with Gasteiger partial charge in [-0.15, -0.1) is 0 Å². The fourth-order valence-corrected chi connectivity index (χ4v) is 2.14. The van der Waals surface area contributed by atoms with E-state index in [0.29, 0.717) is 0 Å². The number of methoxy groups -OCH3 is 1. The van der Waals surface area contributed by atoms with E-state index in [2.05, 4.69) is 0 Å². The molecule has 1 aliphatic heterocycles. The van der Waals surface area contributed by atoms with Gasteiger partial charge >= 0.3 is 17.9 Å². The van der Waals surface area contributed by atoms with Gasteiger partial charge in [0, 0.05) is 27.9 Å². The summed E-state index contributed by atoms with van der Waals surface area (Å²) in [6.45, 7) is 3.25. The number of esters is 3. The highest BCUT2D eigenvalue weighted by Crippen LogP contribution is 2.27. The number of carbonyl (C=O) groups excluding carboxylic acids is 3. The van der Waals surface area contributed by atoms with E-state index in [4.69, 9.17) is 23.7 Å². The maximum Gasteiger partial charge on any atom is 0.303 e. The lowest BCUT2D eigenvalue weighted by Gasteiger charge is -2.42. The maximum absolute atomic E-state index is 11.3. The van der Waals surface area contributed by atoms with E-state index in [9.17, 15) is 19.5 Å². The van der Waals surface area contributed by atoms with Crippen molar-refractivity contribution in [3.05, 3.63) is 0 Å². The molecule has 9 nitrogen and oxygen atoms in total. The Bertz CT molecular complexity index is 422. The third-order valence-electron chi connectivity index (χ3n) is 2.94. The first-order chi connectivity index (χ1) is 10.3. The molecule has 1 fully saturated rings. The van der Waals surface area contributed by atoms with Crippen LogP contribution in [0, 0.1) is 0 Å². The minimum Gasteiger partial charge on any atom is -0.463 e. The van der Waals surface area contributed by atoms with Gasteiger partial charge in [0.25, 0.3) is 0 Å². The van der Waals surface area contributed by atoms with Gasteiger partial charge in [-0.2, -0.15) is 0 Å². The normalized spacial score (nSPS) is 31.2. The van der Waals surface area contributed by atoms with E-state index in [0.717, 1.165) is 0 Å². The van der Waals surface area contributed by atoms with Crippen molar-refractivity contribution < 1.29 is 43.2 Å². The zero-order chi connectivity index (χ0) is 16.9. The summed E-state index contributed by atoms with van der Waals surface area (Å²) in [5.41, 5.74) is 0. The lowest BCUT2D eigenvalue weighted by molar-refractivity contribution is -0.297. The second-order valence-corrected chi connectivity index (χ2v) is 4.72. The third-order valence-corrected chi connectivity index (χ3v) is 2.94. The van der Waals surface area contributed by atoms with Crippen LogP contribution in [0.4, 0.5) is 0 Å². The maximum atomic E-state index is 11.3. The predicted octanol–water partition coefficient (Wildman–Crippen LogP) is -0.855. The van der Waals surface area contributed by atoms with Crippen molar-refractivity contribution in [1.29, 1.82) is 0 Å². The molecule has 0 amide bonds. The Morgan fingerprint density at radius 1 is 0.955 bits per heavy atom. The molecule has 9 heteroatoms. The number of hydrogen-bond acceptors (Lipinski definition) is 9. The molecule has 22 heavy (non-hydrogen) atoms. The molecule has 0 aromatic carbocycles. The van der Waals surface area contributed by atoms with Gasteiger partial charge in [-0.25, -0.2) is 0 Å². The largest absolute Gasteiger partial charge is 0.463 e.